The molecular weight excluding hydrogens is 244 g/mol. The van der Waals surface area contributed by atoms with Crippen LogP contribution in [0.4, 0.5) is 0 Å². The molecule has 0 saturated carbocycles. The highest BCUT2D eigenvalue weighted by molar-refractivity contribution is 7.19. The lowest BCUT2D eigenvalue weighted by atomic mass is 10.2. The van der Waals surface area contributed by atoms with Crippen LogP contribution in [-0.2, 0) is 9.53 Å². The van der Waals surface area contributed by atoms with Gasteiger partial charge in [0.15, 0.2) is 0 Å². The fraction of sp³-hybridized carbons (Fsp3) is 0.200. The van der Waals surface area contributed by atoms with Crippen LogP contribution in [0, 0.1) is 0 Å². The van der Waals surface area contributed by atoms with Gasteiger partial charge in [0, 0.05) is 9.58 Å². The highest BCUT2D eigenvalue weighted by Crippen LogP contribution is 2.25. The number of thiophene rings is 1. The van der Waals surface area contributed by atoms with Crippen molar-refractivity contribution < 1.29 is 9.53 Å². The van der Waals surface area contributed by atoms with E-state index in [1.54, 1.807) is 25.2 Å². The average molecular weight is 258 g/mol. The molecule has 1 aromatic carbocycles. The average Bonchev–Trinajstić information content (AvgIpc) is 2.78. The zero-order valence-electron chi connectivity index (χ0n) is 10.4. The molecule has 18 heavy (non-hydrogen) atoms. The van der Waals surface area contributed by atoms with E-state index in [4.69, 9.17) is 4.74 Å². The summed E-state index contributed by atoms with van der Waals surface area (Å²) in [6, 6.07) is 10.3. The minimum absolute atomic E-state index is 0.310. The highest BCUT2D eigenvalue weighted by atomic mass is 32.1. The highest BCUT2D eigenvalue weighted by Gasteiger charge is 2.02. The zero-order valence-corrected chi connectivity index (χ0v) is 11.2. The van der Waals surface area contributed by atoms with Gasteiger partial charge in [-0.05, 0) is 37.4 Å². The molecule has 0 fully saturated rings. The Labute approximate surface area is 110 Å². The molecule has 0 amide bonds. The molecule has 0 aliphatic heterocycles. The van der Waals surface area contributed by atoms with Crippen molar-refractivity contribution in [3.63, 3.8) is 0 Å². The van der Waals surface area contributed by atoms with Crippen molar-refractivity contribution in [2.75, 3.05) is 6.61 Å². The van der Waals surface area contributed by atoms with Crippen molar-refractivity contribution in [1.82, 2.24) is 0 Å². The maximum Gasteiger partial charge on any atom is 0.341 e. The monoisotopic (exact) mass is 258 g/mol. The summed E-state index contributed by atoms with van der Waals surface area (Å²) in [5.74, 6) is -0.310. The number of hydrogen-bond donors (Lipinski definition) is 0. The lowest BCUT2D eigenvalue weighted by Crippen LogP contribution is -2.03. The number of hydrogen-bond acceptors (Lipinski definition) is 3. The Hall–Kier alpha value is -1.83. The molecule has 1 aromatic heterocycles. The van der Waals surface area contributed by atoms with E-state index in [2.05, 4.69) is 23.9 Å². The Morgan fingerprint density at radius 3 is 2.94 bits per heavy atom. The number of benzene rings is 1. The molecule has 0 N–H and O–H groups in total. The molecule has 0 spiro atoms. The predicted octanol–water partition coefficient (Wildman–Crippen LogP) is 4.02. The standard InChI is InChI=1S/C15H14O2S/c1-3-17-15(16)11(2)8-9-13-10-12-6-4-5-7-14(12)18-13/h4-7,9-10H,3H2,1-2H3. The van der Waals surface area contributed by atoms with E-state index in [9.17, 15) is 4.79 Å². The minimum atomic E-state index is -0.310. The molecule has 2 aromatic rings. The molecule has 3 heteroatoms. The molecule has 92 valence electrons. The molecule has 2 rings (SSSR count). The van der Waals surface area contributed by atoms with E-state index >= 15 is 0 Å². The quantitative estimate of drug-likeness (QED) is 0.472. The summed E-state index contributed by atoms with van der Waals surface area (Å²) in [4.78, 5) is 12.5. The van der Waals surface area contributed by atoms with Crippen molar-refractivity contribution in [2.45, 2.75) is 13.8 Å². The van der Waals surface area contributed by atoms with Crippen molar-refractivity contribution >= 4 is 33.5 Å². The Morgan fingerprint density at radius 2 is 2.22 bits per heavy atom. The van der Waals surface area contributed by atoms with Gasteiger partial charge >= 0.3 is 5.97 Å². The van der Waals surface area contributed by atoms with E-state index < -0.39 is 0 Å². The van der Waals surface area contributed by atoms with Crippen LogP contribution < -0.4 is 0 Å². The summed E-state index contributed by atoms with van der Waals surface area (Å²) < 4.78 is 6.13. The van der Waals surface area contributed by atoms with E-state index in [0.717, 1.165) is 4.88 Å². The predicted molar refractivity (Wildman–Crippen MR) is 75.6 cm³/mol. The second-order valence-corrected chi connectivity index (χ2v) is 4.94. The smallest absolute Gasteiger partial charge is 0.341 e. The fourth-order valence-electron chi connectivity index (χ4n) is 1.55. The third-order valence-corrected chi connectivity index (χ3v) is 3.52. The molecule has 0 unspecified atom stereocenters. The lowest BCUT2D eigenvalue weighted by Gasteiger charge is -1.97. The van der Waals surface area contributed by atoms with E-state index in [-0.39, 0.29) is 5.97 Å². The van der Waals surface area contributed by atoms with Crippen molar-refractivity contribution in [3.8, 4) is 0 Å². The second-order valence-electron chi connectivity index (χ2n) is 3.82. The second kappa shape index (κ2) is 5.67. The molecule has 0 saturated heterocycles. The summed E-state index contributed by atoms with van der Waals surface area (Å²) in [6.45, 7) is 3.89. The van der Waals surface area contributed by atoms with Crippen LogP contribution in [0.15, 0.2) is 41.6 Å². The van der Waals surface area contributed by atoms with Crippen LogP contribution in [-0.4, -0.2) is 12.6 Å². The molecule has 0 aliphatic carbocycles. The summed E-state index contributed by atoms with van der Waals surface area (Å²) in [5, 5.41) is 1.21. The molecule has 0 bridgehead atoms. The van der Waals surface area contributed by atoms with Gasteiger partial charge in [0.25, 0.3) is 0 Å². The lowest BCUT2D eigenvalue weighted by molar-refractivity contribution is -0.138. The maximum atomic E-state index is 11.4. The first-order valence-electron chi connectivity index (χ1n) is 5.79. The number of fused-ring (bicyclic) bond motifs is 1. The van der Waals surface area contributed by atoms with Crippen LogP contribution in [0.1, 0.15) is 18.7 Å². The van der Waals surface area contributed by atoms with Gasteiger partial charge in [-0.3, -0.25) is 0 Å². The summed E-state index contributed by atoms with van der Waals surface area (Å²) in [5.41, 5.74) is 3.47. The normalized spacial score (nSPS) is 9.89. The Morgan fingerprint density at radius 1 is 1.44 bits per heavy atom. The van der Waals surface area contributed by atoms with Gasteiger partial charge in [-0.1, -0.05) is 18.2 Å². The molecular formula is C15H14O2S. The van der Waals surface area contributed by atoms with Gasteiger partial charge in [0.1, 0.15) is 0 Å². The van der Waals surface area contributed by atoms with Crippen LogP contribution in [0.3, 0.4) is 0 Å². The largest absolute Gasteiger partial charge is 0.462 e. The molecule has 1 heterocycles. The van der Waals surface area contributed by atoms with Crippen molar-refractivity contribution in [1.29, 1.82) is 0 Å². The molecule has 2 nitrogen and oxygen atoms in total. The summed E-state index contributed by atoms with van der Waals surface area (Å²) >= 11 is 1.68. The number of ether oxygens (including phenoxy) is 1. The topological polar surface area (TPSA) is 26.3 Å². The third-order valence-electron chi connectivity index (χ3n) is 2.46. The number of esters is 1. The van der Waals surface area contributed by atoms with Crippen LogP contribution in [0.2, 0.25) is 0 Å². The summed E-state index contributed by atoms with van der Waals surface area (Å²) in [7, 11) is 0. The third kappa shape index (κ3) is 2.89. The van der Waals surface area contributed by atoms with Gasteiger partial charge in [0.05, 0.1) is 12.2 Å². The Bertz CT molecular complexity index is 598. The molecule has 0 aliphatic rings. The first-order valence-corrected chi connectivity index (χ1v) is 6.61. The number of carbonyl (C=O) groups is 1. The minimum Gasteiger partial charge on any atom is -0.462 e. The van der Waals surface area contributed by atoms with E-state index in [0.29, 0.717) is 12.2 Å². The van der Waals surface area contributed by atoms with Crippen LogP contribution >= 0.6 is 11.3 Å². The Balaban J connectivity index is 2.27. The maximum absolute atomic E-state index is 11.4. The van der Waals surface area contributed by atoms with Gasteiger partial charge in [-0.2, -0.15) is 0 Å². The Kier molecular flexibility index (Phi) is 3.98. The first-order chi connectivity index (χ1) is 8.70. The zero-order chi connectivity index (χ0) is 13.0. The van der Waals surface area contributed by atoms with Crippen LogP contribution in [0.25, 0.3) is 16.2 Å². The fourth-order valence-corrected chi connectivity index (χ4v) is 2.50. The van der Waals surface area contributed by atoms with E-state index in [1.807, 2.05) is 18.2 Å². The first kappa shape index (κ1) is 12.6. The van der Waals surface area contributed by atoms with Gasteiger partial charge < -0.3 is 4.74 Å². The number of carbonyl (C=O) groups excluding carboxylic acids is 1. The van der Waals surface area contributed by atoms with Gasteiger partial charge in [-0.15, -0.1) is 17.1 Å². The molecule has 0 atom stereocenters. The SMILES string of the molecule is CCOC(=O)C(C)=C=Cc1cc2ccccc2s1. The van der Waals surface area contributed by atoms with Crippen molar-refractivity contribution in [3.05, 3.63) is 46.5 Å². The van der Waals surface area contributed by atoms with Gasteiger partial charge in [0.2, 0.25) is 0 Å². The summed E-state index contributed by atoms with van der Waals surface area (Å²) in [6.07, 6.45) is 1.83. The molecule has 0 radical (unpaired) electrons. The van der Waals surface area contributed by atoms with E-state index in [1.165, 1.54) is 10.1 Å². The van der Waals surface area contributed by atoms with Gasteiger partial charge in [-0.25, -0.2) is 4.79 Å². The number of rotatable bonds is 3. The van der Waals surface area contributed by atoms with Crippen molar-refractivity contribution in [2.24, 2.45) is 0 Å². The van der Waals surface area contributed by atoms with Crippen LogP contribution in [0.5, 0.6) is 0 Å².